The number of likely N-dealkylation sites (N-methyl/N-ethyl adjacent to an activating group) is 1. The van der Waals surface area contributed by atoms with Gasteiger partial charge in [-0.1, -0.05) is 6.92 Å². The van der Waals surface area contributed by atoms with E-state index in [1.807, 2.05) is 7.05 Å². The van der Waals surface area contributed by atoms with E-state index in [0.717, 1.165) is 38.6 Å². The van der Waals surface area contributed by atoms with E-state index in [9.17, 15) is 0 Å². The van der Waals surface area contributed by atoms with Gasteiger partial charge in [-0.15, -0.1) is 0 Å². The fourth-order valence-electron chi connectivity index (χ4n) is 2.21. The molecule has 2 atom stereocenters. The maximum Gasteiger partial charge on any atom is 0.266 e. The summed E-state index contributed by atoms with van der Waals surface area (Å²) in [7, 11) is 1.95. The number of nitrogens with zero attached hydrogens (tertiary/aromatic N) is 3. The summed E-state index contributed by atoms with van der Waals surface area (Å²) in [6, 6.07) is 0.327. The van der Waals surface area contributed by atoms with Gasteiger partial charge in [0.1, 0.15) is 0 Å². The van der Waals surface area contributed by atoms with Crippen LogP contribution >= 0.6 is 0 Å². The lowest BCUT2D eigenvalue weighted by Crippen LogP contribution is -2.37. The third-order valence-electron chi connectivity index (χ3n) is 3.54. The molecular weight excluding hydrogens is 232 g/mol. The van der Waals surface area contributed by atoms with Crippen molar-refractivity contribution < 1.29 is 9.26 Å². The smallest absolute Gasteiger partial charge is 0.266 e. The van der Waals surface area contributed by atoms with Crippen LogP contribution in [0.5, 0.6) is 0 Å². The van der Waals surface area contributed by atoms with E-state index in [2.05, 4.69) is 34.2 Å². The van der Waals surface area contributed by atoms with Gasteiger partial charge >= 0.3 is 0 Å². The second-order valence-corrected chi connectivity index (χ2v) is 4.62. The van der Waals surface area contributed by atoms with Crippen molar-refractivity contribution in [1.82, 2.24) is 15.5 Å². The van der Waals surface area contributed by atoms with Gasteiger partial charge in [-0.2, -0.15) is 4.98 Å². The molecule has 0 aliphatic carbocycles. The average Bonchev–Trinajstić information content (AvgIpc) is 2.90. The molecule has 2 heterocycles. The van der Waals surface area contributed by atoms with Crippen LogP contribution in [0.1, 0.15) is 32.1 Å². The highest BCUT2D eigenvalue weighted by atomic mass is 16.5. The Hall–Kier alpha value is -1.14. The highest BCUT2D eigenvalue weighted by molar-refractivity contribution is 5.28. The van der Waals surface area contributed by atoms with Crippen molar-refractivity contribution >= 4 is 5.95 Å². The molecule has 1 fully saturated rings. The molecule has 0 amide bonds. The Labute approximate surface area is 108 Å². The van der Waals surface area contributed by atoms with E-state index in [0.29, 0.717) is 12.0 Å². The Morgan fingerprint density at radius 2 is 2.11 bits per heavy atom. The molecule has 0 aromatic carbocycles. The minimum absolute atomic E-state index is 0.261. The molecule has 102 valence electrons. The van der Waals surface area contributed by atoms with Gasteiger partial charge in [-0.25, -0.2) is 0 Å². The predicted molar refractivity (Wildman–Crippen MR) is 68.9 cm³/mol. The normalized spacial score (nSPS) is 19.8. The van der Waals surface area contributed by atoms with Gasteiger partial charge in [0.05, 0.1) is 19.1 Å². The SMILES string of the molecule is CCC(c1nc(N2CCOCC2)no1)C(C)NC. The van der Waals surface area contributed by atoms with E-state index in [-0.39, 0.29) is 5.92 Å². The maximum absolute atomic E-state index is 5.41. The van der Waals surface area contributed by atoms with Gasteiger partial charge in [-0.05, 0) is 25.5 Å². The Balaban J connectivity index is 2.08. The summed E-state index contributed by atoms with van der Waals surface area (Å²) in [6.07, 6.45) is 0.979. The molecule has 6 heteroatoms. The zero-order valence-electron chi connectivity index (χ0n) is 11.3. The molecule has 0 saturated carbocycles. The third-order valence-corrected chi connectivity index (χ3v) is 3.54. The van der Waals surface area contributed by atoms with Crippen molar-refractivity contribution in [2.45, 2.75) is 32.2 Å². The standard InChI is InChI=1S/C12H22N4O2/c1-4-10(9(2)13-3)11-14-12(15-18-11)16-5-7-17-8-6-16/h9-10,13H,4-8H2,1-3H3. The van der Waals surface area contributed by atoms with Crippen LogP contribution in [0, 0.1) is 0 Å². The number of ether oxygens (including phenoxy) is 1. The number of rotatable bonds is 5. The first-order valence-corrected chi connectivity index (χ1v) is 6.59. The van der Waals surface area contributed by atoms with Gasteiger partial charge in [0.2, 0.25) is 5.89 Å². The van der Waals surface area contributed by atoms with Gasteiger partial charge < -0.3 is 19.5 Å². The lowest BCUT2D eigenvalue weighted by Gasteiger charge is -2.24. The molecule has 1 aromatic rings. The fraction of sp³-hybridized carbons (Fsp3) is 0.833. The molecule has 2 unspecified atom stereocenters. The summed E-state index contributed by atoms with van der Waals surface area (Å²) in [5, 5.41) is 7.32. The first-order valence-electron chi connectivity index (χ1n) is 6.59. The monoisotopic (exact) mass is 254 g/mol. The van der Waals surface area contributed by atoms with Gasteiger partial charge in [0.25, 0.3) is 5.95 Å². The minimum atomic E-state index is 0.261. The number of hydrogen-bond donors (Lipinski definition) is 1. The number of morpholine rings is 1. The second-order valence-electron chi connectivity index (χ2n) is 4.62. The summed E-state index contributed by atoms with van der Waals surface area (Å²) in [4.78, 5) is 6.63. The average molecular weight is 254 g/mol. The molecule has 1 aliphatic rings. The Kier molecular flexibility index (Phi) is 4.54. The van der Waals surface area contributed by atoms with Gasteiger partial charge in [-0.3, -0.25) is 0 Å². The molecule has 1 aromatic heterocycles. The van der Waals surface area contributed by atoms with Crippen LogP contribution in [0.2, 0.25) is 0 Å². The summed E-state index contributed by atoms with van der Waals surface area (Å²) < 4.78 is 10.7. The fourth-order valence-corrected chi connectivity index (χ4v) is 2.21. The predicted octanol–water partition coefficient (Wildman–Crippen LogP) is 1.01. The van der Waals surface area contributed by atoms with Crippen LogP contribution in [0.25, 0.3) is 0 Å². The van der Waals surface area contributed by atoms with E-state index in [1.54, 1.807) is 0 Å². The molecular formula is C12H22N4O2. The van der Waals surface area contributed by atoms with E-state index < -0.39 is 0 Å². The largest absolute Gasteiger partial charge is 0.378 e. The Morgan fingerprint density at radius 3 is 2.72 bits per heavy atom. The third kappa shape index (κ3) is 2.81. The van der Waals surface area contributed by atoms with Crippen molar-refractivity contribution in [3.05, 3.63) is 5.89 Å². The first kappa shape index (κ1) is 13.3. The molecule has 0 bridgehead atoms. The quantitative estimate of drug-likeness (QED) is 0.846. The Bertz CT molecular complexity index is 363. The summed E-state index contributed by atoms with van der Waals surface area (Å²) >= 11 is 0. The van der Waals surface area contributed by atoms with Crippen molar-refractivity contribution in [2.75, 3.05) is 38.3 Å². The van der Waals surface area contributed by atoms with Crippen LogP contribution in [0.3, 0.4) is 0 Å². The number of hydrogen-bond acceptors (Lipinski definition) is 6. The molecule has 0 spiro atoms. The lowest BCUT2D eigenvalue weighted by molar-refractivity contribution is 0.121. The minimum Gasteiger partial charge on any atom is -0.378 e. The highest BCUT2D eigenvalue weighted by Crippen LogP contribution is 2.23. The number of aromatic nitrogens is 2. The van der Waals surface area contributed by atoms with Crippen molar-refractivity contribution in [2.24, 2.45) is 0 Å². The first-order chi connectivity index (χ1) is 8.76. The van der Waals surface area contributed by atoms with Gasteiger partial charge in [0.15, 0.2) is 0 Å². The molecule has 1 aliphatic heterocycles. The molecule has 1 saturated heterocycles. The van der Waals surface area contributed by atoms with Crippen molar-refractivity contribution in [3.63, 3.8) is 0 Å². The summed E-state index contributed by atoms with van der Waals surface area (Å²) in [6.45, 7) is 7.39. The summed E-state index contributed by atoms with van der Waals surface area (Å²) in [5.74, 6) is 1.67. The molecule has 2 rings (SSSR count). The topological polar surface area (TPSA) is 63.4 Å². The number of nitrogens with one attached hydrogen (secondary N) is 1. The van der Waals surface area contributed by atoms with Crippen molar-refractivity contribution in [3.8, 4) is 0 Å². The Morgan fingerprint density at radius 1 is 1.39 bits per heavy atom. The number of anilines is 1. The second kappa shape index (κ2) is 6.15. The van der Waals surface area contributed by atoms with Crippen LogP contribution < -0.4 is 10.2 Å². The molecule has 1 N–H and O–H groups in total. The van der Waals surface area contributed by atoms with Crippen LogP contribution in [-0.2, 0) is 4.74 Å². The summed E-state index contributed by atoms with van der Waals surface area (Å²) in [5.41, 5.74) is 0. The zero-order valence-corrected chi connectivity index (χ0v) is 11.3. The van der Waals surface area contributed by atoms with E-state index in [4.69, 9.17) is 9.26 Å². The molecule has 18 heavy (non-hydrogen) atoms. The van der Waals surface area contributed by atoms with Gasteiger partial charge in [0, 0.05) is 19.1 Å². The highest BCUT2D eigenvalue weighted by Gasteiger charge is 2.24. The van der Waals surface area contributed by atoms with Crippen LogP contribution in [-0.4, -0.2) is 49.5 Å². The van der Waals surface area contributed by atoms with Crippen LogP contribution in [0.15, 0.2) is 4.52 Å². The maximum atomic E-state index is 5.41. The van der Waals surface area contributed by atoms with E-state index >= 15 is 0 Å². The zero-order chi connectivity index (χ0) is 13.0. The van der Waals surface area contributed by atoms with E-state index in [1.165, 1.54) is 0 Å². The van der Waals surface area contributed by atoms with Crippen LogP contribution in [0.4, 0.5) is 5.95 Å². The molecule has 6 nitrogen and oxygen atoms in total. The lowest BCUT2D eigenvalue weighted by atomic mass is 9.98. The molecule has 0 radical (unpaired) electrons. The van der Waals surface area contributed by atoms with Crippen molar-refractivity contribution in [1.29, 1.82) is 0 Å².